The highest BCUT2D eigenvalue weighted by Crippen LogP contribution is 2.33. The lowest BCUT2D eigenvalue weighted by atomic mass is 9.86. The number of thiazole rings is 1. The summed E-state index contributed by atoms with van der Waals surface area (Å²) in [6.07, 6.45) is 0. The molecule has 0 aliphatic rings. The van der Waals surface area contributed by atoms with Crippen LogP contribution in [-0.4, -0.2) is 23.3 Å². The average Bonchev–Trinajstić information content (AvgIpc) is 3.02. The van der Waals surface area contributed by atoms with E-state index in [1.807, 2.05) is 43.3 Å². The standard InChI is InChI=1S/C21H24N2O2S2/c1-5-25-14-10-11-17-18(12-14)27-20(23-17)26-13-19(24)22-16-9-7-6-8-15(16)21(2,3)4/h6-12H,5,13H2,1-4H3,(H,22,24). The number of anilines is 1. The first-order valence-electron chi connectivity index (χ1n) is 8.92. The van der Waals surface area contributed by atoms with Crippen LogP contribution in [0.5, 0.6) is 5.75 Å². The lowest BCUT2D eigenvalue weighted by Gasteiger charge is -2.22. The summed E-state index contributed by atoms with van der Waals surface area (Å²) in [6.45, 7) is 9.04. The first kappa shape index (κ1) is 19.7. The van der Waals surface area contributed by atoms with Gasteiger partial charge in [-0.3, -0.25) is 4.79 Å². The zero-order valence-corrected chi connectivity index (χ0v) is 17.7. The van der Waals surface area contributed by atoms with Crippen molar-refractivity contribution in [3.05, 3.63) is 48.0 Å². The van der Waals surface area contributed by atoms with E-state index in [0.717, 1.165) is 31.6 Å². The van der Waals surface area contributed by atoms with Crippen LogP contribution in [-0.2, 0) is 10.2 Å². The number of hydrogen-bond donors (Lipinski definition) is 1. The lowest BCUT2D eigenvalue weighted by Crippen LogP contribution is -2.19. The molecule has 1 aromatic heterocycles. The number of hydrogen-bond acceptors (Lipinski definition) is 5. The molecule has 0 radical (unpaired) electrons. The molecule has 1 heterocycles. The van der Waals surface area contributed by atoms with Crippen molar-refractivity contribution in [2.75, 3.05) is 17.7 Å². The molecular weight excluding hydrogens is 376 g/mol. The first-order valence-corrected chi connectivity index (χ1v) is 10.7. The Bertz CT molecular complexity index is 945. The minimum atomic E-state index is -0.0255. The van der Waals surface area contributed by atoms with Crippen molar-refractivity contribution < 1.29 is 9.53 Å². The van der Waals surface area contributed by atoms with E-state index in [4.69, 9.17) is 4.74 Å². The van der Waals surface area contributed by atoms with Gasteiger partial charge in [-0.25, -0.2) is 4.98 Å². The second-order valence-corrected chi connectivity index (χ2v) is 9.43. The van der Waals surface area contributed by atoms with Crippen molar-refractivity contribution in [3.8, 4) is 5.75 Å². The van der Waals surface area contributed by atoms with Gasteiger partial charge in [-0.05, 0) is 42.2 Å². The number of benzene rings is 2. The second-order valence-electron chi connectivity index (χ2n) is 7.17. The number of nitrogens with zero attached hydrogens (tertiary/aromatic N) is 1. The van der Waals surface area contributed by atoms with Crippen LogP contribution in [0.3, 0.4) is 0 Å². The Balaban J connectivity index is 1.65. The highest BCUT2D eigenvalue weighted by molar-refractivity contribution is 8.01. The van der Waals surface area contributed by atoms with Gasteiger partial charge in [0.05, 0.1) is 22.6 Å². The van der Waals surface area contributed by atoms with E-state index in [1.54, 1.807) is 11.3 Å². The molecule has 4 nitrogen and oxygen atoms in total. The molecule has 0 saturated heterocycles. The third kappa shape index (κ3) is 5.02. The SMILES string of the molecule is CCOc1ccc2nc(SCC(=O)Nc3ccccc3C(C)(C)C)sc2c1. The summed E-state index contributed by atoms with van der Waals surface area (Å²) in [6, 6.07) is 13.9. The van der Waals surface area contributed by atoms with Gasteiger partial charge in [0.2, 0.25) is 5.91 Å². The minimum Gasteiger partial charge on any atom is -0.494 e. The molecule has 2 aromatic carbocycles. The Morgan fingerprint density at radius 1 is 1.22 bits per heavy atom. The van der Waals surface area contributed by atoms with Crippen molar-refractivity contribution in [2.24, 2.45) is 0 Å². The molecule has 0 bridgehead atoms. The van der Waals surface area contributed by atoms with E-state index in [9.17, 15) is 4.79 Å². The summed E-state index contributed by atoms with van der Waals surface area (Å²) in [4.78, 5) is 17.0. The maximum absolute atomic E-state index is 12.4. The lowest BCUT2D eigenvalue weighted by molar-refractivity contribution is -0.113. The Morgan fingerprint density at radius 3 is 2.74 bits per heavy atom. The number of nitrogens with one attached hydrogen (secondary N) is 1. The van der Waals surface area contributed by atoms with Crippen molar-refractivity contribution >= 4 is 44.9 Å². The predicted molar refractivity (Wildman–Crippen MR) is 115 cm³/mol. The molecule has 0 unspecified atom stereocenters. The molecule has 6 heteroatoms. The minimum absolute atomic E-state index is 0.0223. The second kappa shape index (κ2) is 8.31. The summed E-state index contributed by atoms with van der Waals surface area (Å²) >= 11 is 3.05. The van der Waals surface area contributed by atoms with Crippen molar-refractivity contribution in [3.63, 3.8) is 0 Å². The Labute approximate surface area is 168 Å². The zero-order chi connectivity index (χ0) is 19.4. The van der Waals surface area contributed by atoms with Crippen LogP contribution in [0.15, 0.2) is 46.8 Å². The summed E-state index contributed by atoms with van der Waals surface area (Å²) < 4.78 is 7.49. The van der Waals surface area contributed by atoms with Crippen molar-refractivity contribution in [1.82, 2.24) is 4.98 Å². The number of rotatable bonds is 6. The van der Waals surface area contributed by atoms with Crippen LogP contribution in [0.2, 0.25) is 0 Å². The smallest absolute Gasteiger partial charge is 0.234 e. The van der Waals surface area contributed by atoms with Crippen LogP contribution in [0, 0.1) is 0 Å². The van der Waals surface area contributed by atoms with Gasteiger partial charge in [0.1, 0.15) is 5.75 Å². The van der Waals surface area contributed by atoms with Crippen LogP contribution in [0.25, 0.3) is 10.2 Å². The Morgan fingerprint density at radius 2 is 2.00 bits per heavy atom. The maximum Gasteiger partial charge on any atom is 0.234 e. The van der Waals surface area contributed by atoms with Crippen LogP contribution in [0.4, 0.5) is 5.69 Å². The van der Waals surface area contributed by atoms with Gasteiger partial charge in [0.25, 0.3) is 0 Å². The fourth-order valence-electron chi connectivity index (χ4n) is 2.76. The molecule has 27 heavy (non-hydrogen) atoms. The largest absolute Gasteiger partial charge is 0.494 e. The fourth-order valence-corrected chi connectivity index (χ4v) is 4.66. The summed E-state index contributed by atoms with van der Waals surface area (Å²) in [5, 5.41) is 3.04. The van der Waals surface area contributed by atoms with Crippen LogP contribution in [0.1, 0.15) is 33.3 Å². The summed E-state index contributed by atoms with van der Waals surface area (Å²) in [5.41, 5.74) is 2.92. The van der Waals surface area contributed by atoms with E-state index in [2.05, 4.69) is 37.1 Å². The van der Waals surface area contributed by atoms with Gasteiger partial charge in [-0.1, -0.05) is 50.7 Å². The zero-order valence-electron chi connectivity index (χ0n) is 16.0. The molecule has 0 fully saturated rings. The molecule has 0 aliphatic carbocycles. The predicted octanol–water partition coefficient (Wildman–Crippen LogP) is 5.72. The molecule has 142 valence electrons. The topological polar surface area (TPSA) is 51.2 Å². The quantitative estimate of drug-likeness (QED) is 0.537. The number of carbonyl (C=O) groups is 1. The van der Waals surface area contributed by atoms with Crippen molar-refractivity contribution in [1.29, 1.82) is 0 Å². The maximum atomic E-state index is 12.4. The molecule has 1 N–H and O–H groups in total. The first-order chi connectivity index (χ1) is 12.9. The van der Waals surface area contributed by atoms with Gasteiger partial charge < -0.3 is 10.1 Å². The molecule has 0 atom stereocenters. The number of para-hydroxylation sites is 1. The number of carbonyl (C=O) groups excluding carboxylic acids is 1. The number of ether oxygens (including phenoxy) is 1. The van der Waals surface area contributed by atoms with E-state index in [-0.39, 0.29) is 11.3 Å². The van der Waals surface area contributed by atoms with Gasteiger partial charge in [-0.2, -0.15) is 0 Å². The number of aromatic nitrogens is 1. The molecule has 0 saturated carbocycles. The average molecular weight is 401 g/mol. The van der Waals surface area contributed by atoms with Gasteiger partial charge in [-0.15, -0.1) is 11.3 Å². The number of fused-ring (bicyclic) bond motifs is 1. The molecule has 0 spiro atoms. The van der Waals surface area contributed by atoms with E-state index in [1.165, 1.54) is 11.8 Å². The van der Waals surface area contributed by atoms with Gasteiger partial charge in [0.15, 0.2) is 4.34 Å². The number of thioether (sulfide) groups is 1. The Kier molecular flexibility index (Phi) is 6.07. The van der Waals surface area contributed by atoms with E-state index >= 15 is 0 Å². The van der Waals surface area contributed by atoms with Crippen LogP contribution >= 0.6 is 23.1 Å². The fraction of sp³-hybridized carbons (Fsp3) is 0.333. The summed E-state index contributed by atoms with van der Waals surface area (Å²) in [5.74, 6) is 1.16. The van der Waals surface area contributed by atoms with Gasteiger partial charge >= 0.3 is 0 Å². The molecular formula is C21H24N2O2S2. The van der Waals surface area contributed by atoms with E-state index < -0.39 is 0 Å². The third-order valence-corrected chi connectivity index (χ3v) is 6.15. The summed E-state index contributed by atoms with van der Waals surface area (Å²) in [7, 11) is 0. The molecule has 3 rings (SSSR count). The monoisotopic (exact) mass is 400 g/mol. The Hall–Kier alpha value is -2.05. The molecule has 0 aliphatic heterocycles. The van der Waals surface area contributed by atoms with Crippen molar-refractivity contribution in [2.45, 2.75) is 37.4 Å². The highest BCUT2D eigenvalue weighted by atomic mass is 32.2. The van der Waals surface area contributed by atoms with Crippen LogP contribution < -0.4 is 10.1 Å². The molecule has 1 amide bonds. The number of amides is 1. The highest BCUT2D eigenvalue weighted by Gasteiger charge is 2.18. The third-order valence-electron chi connectivity index (χ3n) is 3.99. The molecule has 3 aromatic rings. The normalized spacial score (nSPS) is 11.6. The van der Waals surface area contributed by atoms with E-state index in [0.29, 0.717) is 12.4 Å². The van der Waals surface area contributed by atoms with Gasteiger partial charge in [0, 0.05) is 5.69 Å².